The molecule has 0 atom stereocenters. The van der Waals surface area contributed by atoms with Gasteiger partial charge in [0.2, 0.25) is 5.88 Å². The second-order valence-electron chi connectivity index (χ2n) is 4.78. The van der Waals surface area contributed by atoms with Gasteiger partial charge in [0.15, 0.2) is 0 Å². The Kier molecular flexibility index (Phi) is 3.55. The molecule has 1 aliphatic heterocycles. The fourth-order valence-electron chi connectivity index (χ4n) is 1.97. The monoisotopic (exact) mass is 280 g/mol. The summed E-state index contributed by atoms with van der Waals surface area (Å²) in [6.45, 7) is 0.627. The molecule has 0 radical (unpaired) electrons. The van der Waals surface area contributed by atoms with Crippen molar-refractivity contribution >= 4 is 11.4 Å². The van der Waals surface area contributed by atoms with Gasteiger partial charge in [-0.05, 0) is 42.5 Å². The number of nitrogens with two attached hydrogens (primary N) is 1. The second kappa shape index (κ2) is 5.66. The van der Waals surface area contributed by atoms with Gasteiger partial charge in [-0.15, -0.1) is 0 Å². The first-order chi connectivity index (χ1) is 10.2. The Morgan fingerprint density at radius 3 is 2.71 bits per heavy atom. The lowest BCUT2D eigenvalue weighted by Gasteiger charge is -2.17. The Labute approximate surface area is 123 Å². The van der Waals surface area contributed by atoms with Crippen LogP contribution >= 0.6 is 0 Å². The summed E-state index contributed by atoms with van der Waals surface area (Å²) in [6.07, 6.45) is 5.65. The van der Waals surface area contributed by atoms with Crippen LogP contribution in [0.5, 0.6) is 11.6 Å². The number of anilines is 1. The number of aromatic nitrogens is 1. The van der Waals surface area contributed by atoms with E-state index in [-0.39, 0.29) is 0 Å². The summed E-state index contributed by atoms with van der Waals surface area (Å²) in [5.74, 6) is 1.23. The van der Waals surface area contributed by atoms with E-state index < -0.39 is 0 Å². The SMILES string of the molecule is CN1C=CC(c2cccnc2Oc2ccc(N)cc2)=NC1. The average molecular weight is 280 g/mol. The van der Waals surface area contributed by atoms with Gasteiger partial charge in [0.1, 0.15) is 12.4 Å². The molecule has 2 aromatic rings. The molecular formula is C16H16N4O. The average Bonchev–Trinajstić information content (AvgIpc) is 2.51. The minimum atomic E-state index is 0.537. The Morgan fingerprint density at radius 1 is 1.19 bits per heavy atom. The topological polar surface area (TPSA) is 63.7 Å². The summed E-state index contributed by atoms with van der Waals surface area (Å²) in [7, 11) is 1.98. The third-order valence-electron chi connectivity index (χ3n) is 3.09. The van der Waals surface area contributed by atoms with Crippen molar-refractivity contribution in [3.63, 3.8) is 0 Å². The van der Waals surface area contributed by atoms with Crippen LogP contribution < -0.4 is 10.5 Å². The van der Waals surface area contributed by atoms with Gasteiger partial charge < -0.3 is 15.4 Å². The van der Waals surface area contributed by atoms with Crippen LogP contribution in [0.25, 0.3) is 0 Å². The molecule has 2 N–H and O–H groups in total. The molecule has 5 nitrogen and oxygen atoms in total. The maximum atomic E-state index is 5.85. The zero-order valence-electron chi connectivity index (χ0n) is 11.7. The minimum Gasteiger partial charge on any atom is -0.438 e. The van der Waals surface area contributed by atoms with E-state index in [4.69, 9.17) is 10.5 Å². The first kappa shape index (κ1) is 13.2. The number of nitrogen functional groups attached to an aromatic ring is 1. The summed E-state index contributed by atoms with van der Waals surface area (Å²) >= 11 is 0. The summed E-state index contributed by atoms with van der Waals surface area (Å²) in [5, 5.41) is 0. The summed E-state index contributed by atoms with van der Waals surface area (Å²) in [4.78, 5) is 10.8. The molecule has 2 heterocycles. The third kappa shape index (κ3) is 3.02. The highest BCUT2D eigenvalue weighted by atomic mass is 16.5. The van der Waals surface area contributed by atoms with E-state index in [2.05, 4.69) is 9.98 Å². The van der Waals surface area contributed by atoms with E-state index in [1.54, 1.807) is 18.3 Å². The number of aliphatic imine (C=N–C) groups is 1. The number of allylic oxidation sites excluding steroid dienone is 1. The molecule has 0 bridgehead atoms. The molecule has 0 fully saturated rings. The Balaban J connectivity index is 1.89. The van der Waals surface area contributed by atoms with Crippen LogP contribution in [0.15, 0.2) is 59.9 Å². The maximum absolute atomic E-state index is 5.85. The molecule has 5 heteroatoms. The van der Waals surface area contributed by atoms with Crippen molar-refractivity contribution in [1.29, 1.82) is 0 Å². The number of nitrogens with zero attached hydrogens (tertiary/aromatic N) is 3. The second-order valence-corrected chi connectivity index (χ2v) is 4.78. The zero-order valence-corrected chi connectivity index (χ0v) is 11.7. The highest BCUT2D eigenvalue weighted by molar-refractivity contribution is 6.10. The molecule has 0 saturated carbocycles. The lowest BCUT2D eigenvalue weighted by Crippen LogP contribution is -2.17. The number of ether oxygens (including phenoxy) is 1. The number of rotatable bonds is 3. The van der Waals surface area contributed by atoms with E-state index in [1.165, 1.54) is 0 Å². The number of benzene rings is 1. The quantitative estimate of drug-likeness (QED) is 0.878. The van der Waals surface area contributed by atoms with Crippen molar-refractivity contribution < 1.29 is 4.74 Å². The van der Waals surface area contributed by atoms with E-state index >= 15 is 0 Å². The smallest absolute Gasteiger partial charge is 0.228 e. The molecule has 0 spiro atoms. The molecular weight excluding hydrogens is 264 g/mol. The van der Waals surface area contributed by atoms with E-state index in [9.17, 15) is 0 Å². The molecule has 106 valence electrons. The zero-order chi connectivity index (χ0) is 14.7. The van der Waals surface area contributed by atoms with E-state index in [0.717, 1.165) is 11.3 Å². The van der Waals surface area contributed by atoms with Crippen LogP contribution in [-0.4, -0.2) is 29.3 Å². The Bertz CT molecular complexity index is 692. The van der Waals surface area contributed by atoms with Gasteiger partial charge in [-0.2, -0.15) is 0 Å². The molecule has 3 rings (SSSR count). The summed E-state index contributed by atoms with van der Waals surface area (Å²) in [5.41, 5.74) is 8.12. The standard InChI is InChI=1S/C16H16N4O/c1-20-10-8-15(19-11-20)14-3-2-9-18-16(14)21-13-6-4-12(17)5-7-13/h2-10H,11,17H2,1H3. The molecule has 0 saturated heterocycles. The van der Waals surface area contributed by atoms with Crippen molar-refractivity contribution in [3.8, 4) is 11.6 Å². The first-order valence-electron chi connectivity index (χ1n) is 6.64. The molecule has 0 aliphatic carbocycles. The fraction of sp³-hybridized carbons (Fsp3) is 0.125. The van der Waals surface area contributed by atoms with E-state index in [0.29, 0.717) is 24.0 Å². The highest BCUT2D eigenvalue weighted by Gasteiger charge is 2.12. The van der Waals surface area contributed by atoms with Gasteiger partial charge >= 0.3 is 0 Å². The van der Waals surface area contributed by atoms with Crippen molar-refractivity contribution in [2.45, 2.75) is 0 Å². The lowest BCUT2D eigenvalue weighted by molar-refractivity contribution is 0.459. The normalized spacial score (nSPS) is 14.0. The van der Waals surface area contributed by atoms with Gasteiger partial charge in [-0.1, -0.05) is 0 Å². The van der Waals surface area contributed by atoms with Crippen molar-refractivity contribution in [2.75, 3.05) is 19.5 Å². The van der Waals surface area contributed by atoms with Crippen LogP contribution in [0.4, 0.5) is 5.69 Å². The van der Waals surface area contributed by atoms with Crippen molar-refractivity contribution in [1.82, 2.24) is 9.88 Å². The number of hydrogen-bond donors (Lipinski definition) is 1. The molecule has 1 aromatic carbocycles. The van der Waals surface area contributed by atoms with Crippen LogP contribution in [-0.2, 0) is 0 Å². The predicted octanol–water partition coefficient (Wildman–Crippen LogP) is 2.66. The maximum Gasteiger partial charge on any atom is 0.228 e. The van der Waals surface area contributed by atoms with Crippen LogP contribution in [0.1, 0.15) is 5.56 Å². The van der Waals surface area contributed by atoms with E-state index in [1.807, 2.05) is 48.5 Å². The van der Waals surface area contributed by atoms with Gasteiger partial charge in [0.05, 0.1) is 11.3 Å². The van der Waals surface area contributed by atoms with Crippen LogP contribution in [0, 0.1) is 0 Å². The predicted molar refractivity (Wildman–Crippen MR) is 83.5 cm³/mol. The lowest BCUT2D eigenvalue weighted by atomic mass is 10.1. The molecule has 1 aliphatic rings. The third-order valence-corrected chi connectivity index (χ3v) is 3.09. The molecule has 21 heavy (non-hydrogen) atoms. The van der Waals surface area contributed by atoms with Crippen LogP contribution in [0.3, 0.4) is 0 Å². The summed E-state index contributed by atoms with van der Waals surface area (Å²) < 4.78 is 5.85. The fourth-order valence-corrected chi connectivity index (χ4v) is 1.97. The Hall–Kier alpha value is -2.82. The number of hydrogen-bond acceptors (Lipinski definition) is 5. The largest absolute Gasteiger partial charge is 0.438 e. The van der Waals surface area contributed by atoms with Gasteiger partial charge in [0, 0.05) is 25.1 Å². The molecule has 1 aromatic heterocycles. The number of pyridine rings is 1. The van der Waals surface area contributed by atoms with Gasteiger partial charge in [-0.25, -0.2) is 4.98 Å². The Morgan fingerprint density at radius 2 is 2.00 bits per heavy atom. The van der Waals surface area contributed by atoms with Crippen molar-refractivity contribution in [3.05, 3.63) is 60.4 Å². The first-order valence-corrected chi connectivity index (χ1v) is 6.64. The van der Waals surface area contributed by atoms with Gasteiger partial charge in [0.25, 0.3) is 0 Å². The summed E-state index contributed by atoms with van der Waals surface area (Å²) in [6, 6.07) is 11.1. The minimum absolute atomic E-state index is 0.537. The van der Waals surface area contributed by atoms with Gasteiger partial charge in [-0.3, -0.25) is 4.99 Å². The van der Waals surface area contributed by atoms with Crippen molar-refractivity contribution in [2.24, 2.45) is 4.99 Å². The highest BCUT2D eigenvalue weighted by Crippen LogP contribution is 2.25. The molecule has 0 unspecified atom stereocenters. The molecule has 0 amide bonds. The van der Waals surface area contributed by atoms with Crippen LogP contribution in [0.2, 0.25) is 0 Å².